The van der Waals surface area contributed by atoms with Gasteiger partial charge in [0.05, 0.1) is 36.1 Å². The number of fused-ring (bicyclic) bond motifs is 1. The average Bonchev–Trinajstić information content (AvgIpc) is 1.64. The van der Waals surface area contributed by atoms with Crippen LogP contribution in [0.4, 0.5) is 0 Å². The highest BCUT2D eigenvalue weighted by atomic mass is 16.6. The highest BCUT2D eigenvalue weighted by molar-refractivity contribution is 5.99. The van der Waals surface area contributed by atoms with Crippen LogP contribution in [-0.4, -0.2) is 169 Å². The quantitative estimate of drug-likeness (QED) is 0.0235. The molecule has 7 heterocycles. The van der Waals surface area contributed by atoms with Gasteiger partial charge in [0.1, 0.15) is 60.1 Å². The molecule has 2 unspecified atom stereocenters. The van der Waals surface area contributed by atoms with Gasteiger partial charge in [-0.05, 0) is 132 Å². The third-order valence-corrected chi connectivity index (χ3v) is 20.6. The topological polar surface area (TPSA) is 366 Å². The number of aliphatic hydroxyl groups is 2. The Kier molecular flexibility index (Phi) is 37.8. The number of carbonyl (C=O) groups is 13. The normalized spacial score (nSPS) is 32.0. The van der Waals surface area contributed by atoms with Crippen molar-refractivity contribution in [2.45, 2.75) is 258 Å². The lowest BCUT2D eigenvalue weighted by molar-refractivity contribution is -0.147. The van der Waals surface area contributed by atoms with E-state index < -0.39 is 90.4 Å². The molecule has 25 nitrogen and oxygen atoms in total. The fourth-order valence-corrected chi connectivity index (χ4v) is 14.4. The summed E-state index contributed by atoms with van der Waals surface area (Å²) < 4.78 is 39.2. The van der Waals surface area contributed by atoms with Gasteiger partial charge < -0.3 is 43.4 Å². The van der Waals surface area contributed by atoms with Crippen LogP contribution in [0.15, 0.2) is 95.7 Å². The molecule has 586 valence electrons. The molecule has 0 spiro atoms. The molecule has 25 heteroatoms. The number of hydrogen-bond acceptors (Lipinski definition) is 22. The molecule has 0 aromatic rings. The van der Waals surface area contributed by atoms with Crippen molar-refractivity contribution < 1.29 is 106 Å². The van der Waals surface area contributed by atoms with Crippen LogP contribution in [-0.2, 0) is 95.5 Å². The van der Waals surface area contributed by atoms with Crippen molar-refractivity contribution in [3.05, 3.63) is 95.7 Å². The first-order valence-corrected chi connectivity index (χ1v) is 37.5. The largest absolute Gasteiger partial charge is 0.454 e. The number of amides is 6. The molecule has 4 saturated heterocycles. The molecule has 0 bridgehead atoms. The van der Waals surface area contributed by atoms with Crippen LogP contribution in [0.25, 0.3) is 0 Å². The van der Waals surface area contributed by atoms with E-state index in [0.29, 0.717) is 119 Å². The second kappa shape index (κ2) is 45.1. The number of cyclic esters (lactones) is 3. The number of hydrogen-bond donors (Lipinski definition) is 5. The Morgan fingerprint density at radius 1 is 0.472 bits per heavy atom. The van der Waals surface area contributed by atoms with Crippen molar-refractivity contribution in [2.24, 2.45) is 53.3 Å². The molecule has 106 heavy (non-hydrogen) atoms. The van der Waals surface area contributed by atoms with E-state index in [9.17, 15) is 72.5 Å². The zero-order valence-electron chi connectivity index (χ0n) is 63.9. The van der Waals surface area contributed by atoms with Gasteiger partial charge in [-0.2, -0.15) is 0 Å². The number of ketones is 4. The maximum atomic E-state index is 13.1. The molecule has 0 radical (unpaired) electrons. The predicted molar refractivity (Wildman–Crippen MR) is 392 cm³/mol. The number of epoxide rings is 1. The number of aliphatic hydroxyl groups excluding tert-OH is 2. The number of ether oxygens (including phenoxy) is 7. The number of allylic oxidation sites excluding steroid dienone is 6. The van der Waals surface area contributed by atoms with Crippen molar-refractivity contribution >= 4 is 76.5 Å². The van der Waals surface area contributed by atoms with Gasteiger partial charge in [-0.15, -0.1) is 0 Å². The van der Waals surface area contributed by atoms with Crippen LogP contribution < -0.4 is 16.0 Å². The second-order valence-electron chi connectivity index (χ2n) is 29.4. The van der Waals surface area contributed by atoms with E-state index in [1.54, 1.807) is 93.1 Å². The molecule has 7 rings (SSSR count). The van der Waals surface area contributed by atoms with E-state index in [2.05, 4.69) is 16.0 Å². The van der Waals surface area contributed by atoms with E-state index in [1.807, 2.05) is 44.2 Å². The molecule has 7 aliphatic rings. The van der Waals surface area contributed by atoms with Crippen LogP contribution in [0.3, 0.4) is 0 Å². The summed E-state index contributed by atoms with van der Waals surface area (Å²) in [5.74, 6) is -6.62. The molecule has 7 aliphatic heterocycles. The zero-order valence-corrected chi connectivity index (χ0v) is 63.9. The van der Waals surface area contributed by atoms with Gasteiger partial charge >= 0.3 is 17.9 Å². The Morgan fingerprint density at radius 3 is 1.19 bits per heavy atom. The maximum absolute atomic E-state index is 13.1. The molecular weight excluding hydrogens is 1370 g/mol. The van der Waals surface area contributed by atoms with Gasteiger partial charge in [-0.1, -0.05) is 102 Å². The Hall–Kier alpha value is -7.81. The summed E-state index contributed by atoms with van der Waals surface area (Å²) in [4.78, 5) is 159. The Balaban J connectivity index is 0.000000285. The molecule has 0 aromatic heterocycles. The first-order chi connectivity index (χ1) is 50.3. The lowest BCUT2D eigenvalue weighted by Crippen LogP contribution is -2.39. The van der Waals surface area contributed by atoms with Gasteiger partial charge in [0.15, 0.2) is 5.78 Å². The van der Waals surface area contributed by atoms with E-state index in [4.69, 9.17) is 33.2 Å². The van der Waals surface area contributed by atoms with Crippen molar-refractivity contribution in [1.29, 1.82) is 0 Å². The summed E-state index contributed by atoms with van der Waals surface area (Å²) in [6, 6.07) is 0. The summed E-state index contributed by atoms with van der Waals surface area (Å²) >= 11 is 0. The minimum Gasteiger partial charge on any atom is -0.454 e. The lowest BCUT2D eigenvalue weighted by Gasteiger charge is -2.28. The minimum absolute atomic E-state index is 0.0167. The van der Waals surface area contributed by atoms with Crippen LogP contribution in [0.1, 0.15) is 197 Å². The Morgan fingerprint density at radius 2 is 0.821 bits per heavy atom. The zero-order chi connectivity index (χ0) is 78.3. The first-order valence-electron chi connectivity index (χ1n) is 37.5. The maximum Gasteiger partial charge on any atom is 0.331 e. The van der Waals surface area contributed by atoms with Gasteiger partial charge in [0.2, 0.25) is 35.4 Å². The first kappa shape index (κ1) is 88.8. The number of piperidine rings is 3. The van der Waals surface area contributed by atoms with E-state index in [1.165, 1.54) is 25.3 Å². The van der Waals surface area contributed by atoms with Crippen molar-refractivity contribution in [1.82, 2.24) is 16.0 Å². The summed E-state index contributed by atoms with van der Waals surface area (Å²) in [7, 11) is 4.59. The van der Waals surface area contributed by atoms with E-state index in [0.717, 1.165) is 0 Å². The van der Waals surface area contributed by atoms with Crippen molar-refractivity contribution in [3.8, 4) is 0 Å². The SMILES string of the molecule is CO[C@H]1/C=C/CC/C=C/C(=O)O[C@H]([C@H](C)C(=O)CCCC2CC(=O)NC(=O)C2)/C(C)=C\[C@@H](C)C1=O.CO[C@H]1/C=C/CC/C=C/C(=O)O[C@H]([C@H](C)C(=O)CCCC2CC(=O)NC(=O)C2)/C(C)=C\[C@@H](C)[C@@H]1O.CO[C@H]1C2OC2CC/C=C/C(=O)O[C@H]([C@H](C)C(=O)CCCC2CC(=O)NC(=O)C2)/C(C)=C\[C@@H](C)[C@@H]1O. The Bertz CT molecular complexity index is 3290. The van der Waals surface area contributed by atoms with Crippen molar-refractivity contribution in [2.75, 3.05) is 21.3 Å². The van der Waals surface area contributed by atoms with E-state index in [-0.39, 0.29) is 132 Å². The lowest BCUT2D eigenvalue weighted by atomic mass is 9.86. The third-order valence-electron chi connectivity index (χ3n) is 20.6. The summed E-state index contributed by atoms with van der Waals surface area (Å²) in [6.07, 6.45) is 26.0. The fraction of sp³-hybridized carbons (Fsp3) is 0.642. The molecule has 5 N–H and O–H groups in total. The predicted octanol–water partition coefficient (Wildman–Crippen LogP) is 8.99. The van der Waals surface area contributed by atoms with Crippen molar-refractivity contribution in [3.63, 3.8) is 0 Å². The highest BCUT2D eigenvalue weighted by Gasteiger charge is 2.48. The van der Waals surface area contributed by atoms with Gasteiger partial charge in [0.25, 0.3) is 0 Å². The highest BCUT2D eigenvalue weighted by Crippen LogP contribution is 2.36. The number of esters is 3. The number of imide groups is 3. The number of nitrogens with one attached hydrogen (secondary N) is 3. The minimum atomic E-state index is -0.823. The summed E-state index contributed by atoms with van der Waals surface area (Å²) in [5.41, 5.74) is 1.99. The van der Waals surface area contributed by atoms with Crippen LogP contribution in [0, 0.1) is 53.3 Å². The molecule has 6 amide bonds. The fourth-order valence-electron chi connectivity index (χ4n) is 14.4. The number of carbonyl (C=O) groups excluding carboxylic acids is 13. The van der Waals surface area contributed by atoms with Crippen LogP contribution in [0.5, 0.6) is 0 Å². The molecular formula is C81H115N3O22. The average molecular weight is 1480 g/mol. The molecule has 4 fully saturated rings. The molecule has 0 saturated carbocycles. The number of Topliss-reactive ketones (excluding diaryl/α,β-unsaturated/α-hetero) is 4. The smallest absolute Gasteiger partial charge is 0.331 e. The summed E-state index contributed by atoms with van der Waals surface area (Å²) in [5, 5.41) is 28.6. The second-order valence-corrected chi connectivity index (χ2v) is 29.4. The molecule has 0 aromatic carbocycles. The summed E-state index contributed by atoms with van der Waals surface area (Å²) in [6.45, 7) is 16.0. The molecule has 0 aliphatic carbocycles. The van der Waals surface area contributed by atoms with E-state index >= 15 is 0 Å². The van der Waals surface area contributed by atoms with Gasteiger partial charge in [-0.25, -0.2) is 14.4 Å². The van der Waals surface area contributed by atoms with Gasteiger partial charge in [0, 0.05) is 115 Å². The Labute approximate surface area is 624 Å². The molecule has 16 atom stereocenters. The number of rotatable bonds is 21. The van der Waals surface area contributed by atoms with Crippen LogP contribution in [0.2, 0.25) is 0 Å². The monoisotopic (exact) mass is 1480 g/mol. The number of methoxy groups -OCH3 is 3. The van der Waals surface area contributed by atoms with Gasteiger partial charge in [-0.3, -0.25) is 63.9 Å². The van der Waals surface area contributed by atoms with Crippen LogP contribution >= 0.6 is 0 Å². The third kappa shape index (κ3) is 29.7. The standard InChI is InChI=1S/C27H39NO8.C27H39NO7.C27H37NO7/c1-15-12-16(2)25(17(3)19(29)9-7-8-18-13-21(30)28-22(31)14-18)36-23(32)11-6-5-10-20-26(35-20)27(34-4)24(15)33;2*1-17-14-18(2)27(35-25(32)13-8-6-5-7-12-22(34-4)26(17)33)19(3)21(29)11-9-10-20-15-23(30)28-24(31)16-20/h6,11-12,15,17-18,20,24-27,33H,5,7-10,13-14H2,1-4H3,(H,28,30,31);7-8,12-14,17,19-20,22,26-27,33H,5-6,9-11,15-16H2,1-4H3,(H,28,30,31);7-8,12-14,17,19-20,22,27H,5-6,9-11,15-16H2,1-4H3,(H,28,30,31)/b11-6+,16-12-;2*12-7+,13-8+,18-14-/t15-,17-,20?,24+,25+,26?,27-;17-,19-,22+,26+,27+;17-,19-,22+,27+/m111/s1.